The average Bonchev–Trinajstić information content (AvgIpc) is 3.58. The van der Waals surface area contributed by atoms with E-state index in [2.05, 4.69) is 11.1 Å². The molecule has 1 N–H and O–H groups in total. The van der Waals surface area contributed by atoms with Gasteiger partial charge in [0.15, 0.2) is 0 Å². The van der Waals surface area contributed by atoms with Gasteiger partial charge in [0, 0.05) is 23.1 Å². The minimum absolute atomic E-state index is 0.0112. The number of benzene rings is 2. The zero-order chi connectivity index (χ0) is 24.8. The molecular weight excluding hydrogens is 480 g/mol. The van der Waals surface area contributed by atoms with Crippen LogP contribution in [-0.4, -0.2) is 39.7 Å². The van der Waals surface area contributed by atoms with Gasteiger partial charge in [0.1, 0.15) is 11.5 Å². The molecule has 3 atom stereocenters. The molecule has 0 unspecified atom stereocenters. The molecule has 0 amide bonds. The highest BCUT2D eigenvalue weighted by Gasteiger charge is 2.51. The SMILES string of the molecule is CSc1ccc(-n2cncc2C(F)(F)F)cc1C1=C[C@@]2(CC[C@H](CO)[C@H]2c2ccc(F)cc2)OC1. The van der Waals surface area contributed by atoms with E-state index >= 15 is 0 Å². The van der Waals surface area contributed by atoms with Gasteiger partial charge >= 0.3 is 6.18 Å². The van der Waals surface area contributed by atoms with E-state index in [9.17, 15) is 22.7 Å². The molecule has 184 valence electrons. The summed E-state index contributed by atoms with van der Waals surface area (Å²) < 4.78 is 61.4. The molecule has 35 heavy (non-hydrogen) atoms. The largest absolute Gasteiger partial charge is 0.433 e. The van der Waals surface area contributed by atoms with Gasteiger partial charge in [0.2, 0.25) is 0 Å². The van der Waals surface area contributed by atoms with Gasteiger partial charge in [-0.15, -0.1) is 11.8 Å². The number of hydrogen-bond donors (Lipinski definition) is 1. The zero-order valence-electron chi connectivity index (χ0n) is 18.9. The van der Waals surface area contributed by atoms with E-state index in [0.29, 0.717) is 18.7 Å². The Bertz CT molecular complexity index is 1250. The smallest absolute Gasteiger partial charge is 0.396 e. The Morgan fingerprint density at radius 3 is 2.66 bits per heavy atom. The molecule has 1 fully saturated rings. The summed E-state index contributed by atoms with van der Waals surface area (Å²) >= 11 is 1.51. The summed E-state index contributed by atoms with van der Waals surface area (Å²) in [6.07, 6.45) is 2.88. The third-order valence-corrected chi connectivity index (χ3v) is 7.81. The van der Waals surface area contributed by atoms with Crippen LogP contribution in [0.3, 0.4) is 0 Å². The van der Waals surface area contributed by atoms with Gasteiger partial charge < -0.3 is 9.84 Å². The first-order valence-corrected chi connectivity index (χ1v) is 12.5. The third-order valence-electron chi connectivity index (χ3n) is 7.02. The standard InChI is InChI=1S/C26H24F4N2O2S/c1-35-22-7-6-20(32-15-31-12-23(32)26(28,29)30)10-21(22)18-11-25(34-14-18)9-8-17(13-33)24(25)16-2-4-19(27)5-3-16/h2-7,10-12,15,17,24,33H,8-9,13-14H2,1H3/t17-,24-,25-/m1/s1. The summed E-state index contributed by atoms with van der Waals surface area (Å²) in [4.78, 5) is 4.63. The van der Waals surface area contributed by atoms with Crippen molar-refractivity contribution in [1.29, 1.82) is 0 Å². The molecule has 2 aromatic carbocycles. The highest BCUT2D eigenvalue weighted by molar-refractivity contribution is 7.98. The Morgan fingerprint density at radius 1 is 1.20 bits per heavy atom. The van der Waals surface area contributed by atoms with Crippen LogP contribution in [0.15, 0.2) is 66.0 Å². The maximum Gasteiger partial charge on any atom is 0.433 e. The normalized spacial score (nSPS) is 24.3. The minimum atomic E-state index is -4.53. The molecule has 1 aliphatic heterocycles. The number of halogens is 4. The molecule has 0 saturated heterocycles. The number of hydrogen-bond acceptors (Lipinski definition) is 4. The van der Waals surface area contributed by atoms with Crippen molar-refractivity contribution in [2.45, 2.75) is 35.4 Å². The van der Waals surface area contributed by atoms with Gasteiger partial charge in [0.05, 0.1) is 24.7 Å². The molecule has 2 aliphatic rings. The van der Waals surface area contributed by atoms with Crippen molar-refractivity contribution in [3.05, 3.63) is 83.7 Å². The molecule has 3 aromatic rings. The number of ether oxygens (including phenoxy) is 1. The average molecular weight is 505 g/mol. The monoisotopic (exact) mass is 504 g/mol. The fraction of sp³-hybridized carbons (Fsp3) is 0.346. The summed E-state index contributed by atoms with van der Waals surface area (Å²) in [6.45, 7) is 0.283. The van der Waals surface area contributed by atoms with Gasteiger partial charge in [-0.05, 0) is 78.1 Å². The molecule has 0 bridgehead atoms. The lowest BCUT2D eigenvalue weighted by molar-refractivity contribution is -0.142. The Labute approximate surface area is 204 Å². The molecule has 1 spiro atoms. The third kappa shape index (κ3) is 4.30. The van der Waals surface area contributed by atoms with Gasteiger partial charge in [-0.2, -0.15) is 13.2 Å². The number of nitrogens with zero attached hydrogens (tertiary/aromatic N) is 2. The van der Waals surface area contributed by atoms with Crippen LogP contribution in [0.4, 0.5) is 17.6 Å². The molecule has 0 radical (unpaired) electrons. The number of aliphatic hydroxyl groups is 1. The highest BCUT2D eigenvalue weighted by Crippen LogP contribution is 2.53. The first kappa shape index (κ1) is 24.1. The quantitative estimate of drug-likeness (QED) is 0.337. The number of thioether (sulfide) groups is 1. The van der Waals surface area contributed by atoms with E-state index in [-0.39, 0.29) is 24.3 Å². The van der Waals surface area contributed by atoms with Crippen molar-refractivity contribution >= 4 is 17.3 Å². The summed E-state index contributed by atoms with van der Waals surface area (Å²) in [5.41, 5.74) is 1.44. The topological polar surface area (TPSA) is 47.3 Å². The fourth-order valence-corrected chi connectivity index (χ4v) is 6.04. The van der Waals surface area contributed by atoms with Crippen LogP contribution in [-0.2, 0) is 10.9 Å². The van der Waals surface area contributed by atoms with Crippen LogP contribution in [0.1, 0.15) is 35.6 Å². The molecule has 1 saturated carbocycles. The van der Waals surface area contributed by atoms with E-state index in [1.54, 1.807) is 24.3 Å². The number of rotatable bonds is 5. The predicted molar refractivity (Wildman–Crippen MR) is 126 cm³/mol. The fourth-order valence-electron chi connectivity index (χ4n) is 5.43. The lowest BCUT2D eigenvalue weighted by atomic mass is 9.80. The molecule has 1 aliphatic carbocycles. The van der Waals surface area contributed by atoms with Gasteiger partial charge in [-0.3, -0.25) is 4.57 Å². The molecule has 9 heteroatoms. The molecule has 1 aromatic heterocycles. The van der Waals surface area contributed by atoms with E-state index in [1.807, 2.05) is 12.3 Å². The van der Waals surface area contributed by atoms with Crippen molar-refractivity contribution in [3.63, 3.8) is 0 Å². The molecule has 2 heterocycles. The summed E-state index contributed by atoms with van der Waals surface area (Å²) in [5, 5.41) is 10.0. The first-order valence-electron chi connectivity index (χ1n) is 11.3. The Kier molecular flexibility index (Phi) is 6.27. The van der Waals surface area contributed by atoms with E-state index < -0.39 is 17.5 Å². The van der Waals surface area contributed by atoms with Crippen LogP contribution in [0, 0.1) is 11.7 Å². The van der Waals surface area contributed by atoms with Crippen LogP contribution >= 0.6 is 11.8 Å². The summed E-state index contributed by atoms with van der Waals surface area (Å²) in [5.74, 6) is -0.524. The zero-order valence-corrected chi connectivity index (χ0v) is 19.7. The lowest BCUT2D eigenvalue weighted by Gasteiger charge is -2.32. The Balaban J connectivity index is 1.57. The Morgan fingerprint density at radius 2 is 1.97 bits per heavy atom. The first-order chi connectivity index (χ1) is 16.8. The second-order valence-corrected chi connectivity index (χ2v) is 9.80. The summed E-state index contributed by atoms with van der Waals surface area (Å²) in [7, 11) is 0. The van der Waals surface area contributed by atoms with Gasteiger partial charge in [-0.25, -0.2) is 9.37 Å². The predicted octanol–water partition coefficient (Wildman–Crippen LogP) is 6.09. The Hall–Kier alpha value is -2.62. The minimum Gasteiger partial charge on any atom is -0.396 e. The van der Waals surface area contributed by atoms with Crippen molar-refractivity contribution in [1.82, 2.24) is 9.55 Å². The van der Waals surface area contributed by atoms with E-state index in [4.69, 9.17) is 4.74 Å². The summed E-state index contributed by atoms with van der Waals surface area (Å²) in [6, 6.07) is 11.5. The van der Waals surface area contributed by atoms with Crippen molar-refractivity contribution in [2.75, 3.05) is 19.5 Å². The van der Waals surface area contributed by atoms with E-state index in [1.165, 1.54) is 23.9 Å². The number of alkyl halides is 3. The second kappa shape index (κ2) is 9.11. The van der Waals surface area contributed by atoms with Crippen molar-refractivity contribution in [2.24, 2.45) is 5.92 Å². The highest BCUT2D eigenvalue weighted by atomic mass is 32.2. The molecule has 5 rings (SSSR count). The number of aliphatic hydroxyl groups excluding tert-OH is 1. The van der Waals surface area contributed by atoms with Crippen LogP contribution in [0.5, 0.6) is 0 Å². The van der Waals surface area contributed by atoms with Crippen molar-refractivity contribution < 1.29 is 27.4 Å². The number of aromatic nitrogens is 2. The molecule has 4 nitrogen and oxygen atoms in total. The maximum atomic E-state index is 13.6. The lowest BCUT2D eigenvalue weighted by Crippen LogP contribution is -2.33. The van der Waals surface area contributed by atoms with Gasteiger partial charge in [-0.1, -0.05) is 12.1 Å². The van der Waals surface area contributed by atoms with Crippen molar-refractivity contribution in [3.8, 4) is 5.69 Å². The van der Waals surface area contributed by atoms with Crippen LogP contribution in [0.25, 0.3) is 11.3 Å². The van der Waals surface area contributed by atoms with Gasteiger partial charge in [0.25, 0.3) is 0 Å². The van der Waals surface area contributed by atoms with E-state index in [0.717, 1.165) is 45.1 Å². The second-order valence-electron chi connectivity index (χ2n) is 8.95. The van der Waals surface area contributed by atoms with Crippen LogP contribution in [0.2, 0.25) is 0 Å². The molecular formula is C26H24F4N2O2S. The van der Waals surface area contributed by atoms with Crippen LogP contribution < -0.4 is 0 Å². The maximum absolute atomic E-state index is 13.6. The number of imidazole rings is 1.